The zero-order chi connectivity index (χ0) is 47.0. The van der Waals surface area contributed by atoms with Gasteiger partial charge in [0.25, 0.3) is 11.8 Å². The van der Waals surface area contributed by atoms with E-state index in [1.54, 1.807) is 84.1 Å². The summed E-state index contributed by atoms with van der Waals surface area (Å²) >= 11 is 0. The minimum absolute atomic E-state index is 0.0533. The highest BCUT2D eigenvalue weighted by Gasteiger charge is 2.52. The highest BCUT2D eigenvalue weighted by molar-refractivity contribution is 6.10. The predicted molar refractivity (Wildman–Crippen MR) is 232 cm³/mol. The van der Waals surface area contributed by atoms with Crippen LogP contribution in [0, 0.1) is 11.8 Å². The third-order valence-corrected chi connectivity index (χ3v) is 11.0. The summed E-state index contributed by atoms with van der Waals surface area (Å²) in [5, 5.41) is 17.5. The Labute approximate surface area is 368 Å². The third kappa shape index (κ3) is 13.6. The molecule has 18 heteroatoms. The molecular formula is C45H64F2N8O8. The van der Waals surface area contributed by atoms with Gasteiger partial charge in [0.05, 0.1) is 18.2 Å². The molecule has 0 aromatic heterocycles. The van der Waals surface area contributed by atoms with Gasteiger partial charge in [0.2, 0.25) is 23.5 Å². The van der Waals surface area contributed by atoms with Gasteiger partial charge in [-0.2, -0.15) is 13.8 Å². The number of alkyl halides is 2. The van der Waals surface area contributed by atoms with E-state index in [4.69, 9.17) is 9.63 Å². The Hall–Kier alpha value is -5.75. The Morgan fingerprint density at radius 3 is 2.06 bits per heavy atom. The molecule has 0 spiro atoms. The van der Waals surface area contributed by atoms with Gasteiger partial charge in [-0.25, -0.2) is 0 Å². The number of likely N-dealkylation sites (tertiary alicyclic amines) is 1. The minimum Gasteiger partial charge on any atom is -0.392 e. The van der Waals surface area contributed by atoms with Crippen molar-refractivity contribution in [2.24, 2.45) is 11.8 Å². The third-order valence-electron chi connectivity index (χ3n) is 11.0. The molecule has 2 aromatic rings. The summed E-state index contributed by atoms with van der Waals surface area (Å²) in [4.78, 5) is 97.8. The molecule has 2 aliphatic heterocycles. The molecule has 0 aliphatic carbocycles. The Morgan fingerprint density at radius 1 is 0.857 bits per heavy atom. The number of nitrogens with one attached hydrogen (secondary N) is 6. The Balaban J connectivity index is 0.00000520. The molecule has 2 heterocycles. The first-order chi connectivity index (χ1) is 29.9. The molecule has 6 atom stereocenters. The first kappa shape index (κ1) is 51.6. The van der Waals surface area contributed by atoms with Crippen molar-refractivity contribution in [3.05, 3.63) is 83.2 Å². The summed E-state index contributed by atoms with van der Waals surface area (Å²) in [5.74, 6) is -11.7. The van der Waals surface area contributed by atoms with Crippen LogP contribution >= 0.6 is 0 Å². The molecule has 0 radical (unpaired) electrons. The van der Waals surface area contributed by atoms with Gasteiger partial charge in [-0.1, -0.05) is 95.6 Å². The molecule has 6 N–H and O–H groups in total. The largest absolute Gasteiger partial charge is 0.392 e. The number of benzene rings is 2. The maximum atomic E-state index is 15.7. The topological polar surface area (TPSA) is 207 Å². The maximum absolute atomic E-state index is 15.7. The molecule has 1 saturated heterocycles. The van der Waals surface area contributed by atoms with Gasteiger partial charge < -0.3 is 41.6 Å². The van der Waals surface area contributed by atoms with E-state index in [9.17, 15) is 28.8 Å². The van der Waals surface area contributed by atoms with E-state index in [2.05, 4.69) is 31.9 Å². The van der Waals surface area contributed by atoms with Crippen molar-refractivity contribution >= 4 is 42.1 Å². The van der Waals surface area contributed by atoms with Crippen LogP contribution in [0.25, 0.3) is 0 Å². The van der Waals surface area contributed by atoms with Crippen molar-refractivity contribution in [3.63, 3.8) is 0 Å². The van der Waals surface area contributed by atoms with Gasteiger partial charge in [0.15, 0.2) is 0 Å². The number of hydrogen-bond acceptors (Lipinski definition) is 11. The fraction of sp³-hybridized carbons (Fsp3) is 0.533. The second-order valence-electron chi connectivity index (χ2n) is 16.3. The maximum Gasteiger partial charge on any atom is 0.383 e. The van der Waals surface area contributed by atoms with Crippen molar-refractivity contribution in [1.29, 1.82) is 0 Å². The van der Waals surface area contributed by atoms with Crippen LogP contribution in [0.3, 0.4) is 0 Å². The van der Waals surface area contributed by atoms with Crippen molar-refractivity contribution in [1.82, 2.24) is 41.9 Å². The molecule has 1 fully saturated rings. The summed E-state index contributed by atoms with van der Waals surface area (Å²) in [7, 11) is 3.17. The van der Waals surface area contributed by atoms with E-state index in [0.717, 1.165) is 5.56 Å². The first-order valence-corrected chi connectivity index (χ1v) is 21.3. The molecule has 0 bridgehead atoms. The first-order valence-electron chi connectivity index (χ1n) is 21.3. The summed E-state index contributed by atoms with van der Waals surface area (Å²) in [6.45, 7) is 13.0. The molecule has 63 heavy (non-hydrogen) atoms. The van der Waals surface area contributed by atoms with Gasteiger partial charge in [-0.15, -0.1) is 0 Å². The van der Waals surface area contributed by atoms with E-state index in [1.165, 1.54) is 23.6 Å². The average molecular weight is 883 g/mol. The smallest absolute Gasteiger partial charge is 0.383 e. The molecule has 16 nitrogen and oxygen atoms in total. The molecule has 2 aliphatic rings. The Bertz CT molecular complexity index is 1920. The van der Waals surface area contributed by atoms with E-state index >= 15 is 8.78 Å². The second-order valence-corrected chi connectivity index (χ2v) is 16.3. The monoisotopic (exact) mass is 882 g/mol. The second kappa shape index (κ2) is 24.2. The number of halogens is 2. The summed E-state index contributed by atoms with van der Waals surface area (Å²) in [6, 6.07) is 10.2. The summed E-state index contributed by atoms with van der Waals surface area (Å²) < 4.78 is 31.3. The number of likely N-dealkylation sites (N-methyl/N-ethyl adjacent to an activating group) is 1. The molecule has 5 amide bonds. The van der Waals surface area contributed by atoms with Crippen molar-refractivity contribution in [2.45, 2.75) is 116 Å². The average Bonchev–Trinajstić information content (AvgIpc) is 3.70. The lowest BCUT2D eigenvalue weighted by Crippen LogP contribution is -2.60. The van der Waals surface area contributed by atoms with Crippen LogP contribution in [0.4, 0.5) is 8.78 Å². The molecule has 4 rings (SSSR count). The van der Waals surface area contributed by atoms with Crippen LogP contribution in [0.1, 0.15) is 83.5 Å². The van der Waals surface area contributed by atoms with E-state index in [0.29, 0.717) is 25.1 Å². The zero-order valence-corrected chi connectivity index (χ0v) is 37.5. The van der Waals surface area contributed by atoms with Gasteiger partial charge in [-0.3, -0.25) is 33.6 Å². The SMILES string of the molecule is C=O.CCC[C@H](NC(=O)C1C[C@@H](ON2CCc3ccccc3C2)CN1C(=O)C(NC(=O)[C@@H](NC(=O)/C(=C/NC)NC)C(C)C)C(C)C)C(=O)C(F)(F)C(=O)NC(C)c1ccccc1. The van der Waals surface area contributed by atoms with Gasteiger partial charge in [-0.05, 0) is 48.3 Å². The van der Waals surface area contributed by atoms with Crippen LogP contribution in [0.5, 0.6) is 0 Å². The molecule has 3 unspecified atom stereocenters. The number of carbonyl (C=O) groups is 7. The van der Waals surface area contributed by atoms with Gasteiger partial charge >= 0.3 is 5.92 Å². The summed E-state index contributed by atoms with van der Waals surface area (Å²) in [6.07, 6.45) is 1.37. The number of nitrogens with zero attached hydrogens (tertiary/aromatic N) is 2. The fourth-order valence-electron chi connectivity index (χ4n) is 7.49. The lowest BCUT2D eigenvalue weighted by atomic mass is 9.98. The van der Waals surface area contributed by atoms with Crippen molar-refractivity contribution < 1.29 is 47.2 Å². The predicted octanol–water partition coefficient (Wildman–Crippen LogP) is 2.69. The number of carbonyl (C=O) groups excluding carboxylic acids is 7. The van der Waals surface area contributed by atoms with Crippen molar-refractivity contribution in [3.8, 4) is 0 Å². The van der Waals surface area contributed by atoms with Crippen LogP contribution < -0.4 is 31.9 Å². The van der Waals surface area contributed by atoms with E-state index < -0.39 is 89.4 Å². The number of hydrogen-bond donors (Lipinski definition) is 6. The normalized spacial score (nSPS) is 18.4. The van der Waals surface area contributed by atoms with Crippen molar-refractivity contribution in [2.75, 3.05) is 27.2 Å². The van der Waals surface area contributed by atoms with E-state index in [-0.39, 0.29) is 31.5 Å². The zero-order valence-electron chi connectivity index (χ0n) is 37.5. The van der Waals surface area contributed by atoms with Gasteiger partial charge in [0, 0.05) is 46.4 Å². The lowest BCUT2D eigenvalue weighted by molar-refractivity contribution is -0.203. The molecule has 346 valence electrons. The van der Waals surface area contributed by atoms with Gasteiger partial charge in [0.1, 0.15) is 30.6 Å². The van der Waals surface area contributed by atoms with Crippen LogP contribution in [0.2, 0.25) is 0 Å². The number of hydroxylamine groups is 2. The Kier molecular flexibility index (Phi) is 19.8. The lowest BCUT2D eigenvalue weighted by Gasteiger charge is -2.33. The number of amides is 5. The highest BCUT2D eigenvalue weighted by Crippen LogP contribution is 2.28. The molecule has 0 saturated carbocycles. The standard InChI is InChI=1S/C44H62F2N8O7.CH2O/c1-9-15-33(38(55)44(45,46)43(60)49-28(6)29-16-11-10-12-17-29)50-40(57)35-22-32(61-53-21-20-30-18-13-14-19-31(30)24-53)25-54(35)42(59)37(27(4)5)52-41(58)36(26(2)3)51-39(56)34(48-8)23-47-7;1-2/h10-14,16-19,23,26-28,32-33,35-37,47-48H,9,15,20-22,24-25H2,1-8H3,(H,49,60)(H,50,57)(H,51,56)(H,52,58);1H2/b34-23-;/t28?,32-,33+,35?,36+,37?;/m1./s1. The molecule has 2 aromatic carbocycles. The number of ketones is 1. The highest BCUT2D eigenvalue weighted by atomic mass is 19.3. The number of Topliss-reactive ketones (excluding diaryl/α,β-unsaturated/α-hetero) is 1. The fourth-order valence-corrected chi connectivity index (χ4v) is 7.49. The van der Waals surface area contributed by atoms with Crippen LogP contribution in [0.15, 0.2) is 66.5 Å². The number of fused-ring (bicyclic) bond motifs is 1. The van der Waals surface area contributed by atoms with E-state index in [1.807, 2.05) is 31.1 Å². The molecular weight excluding hydrogens is 819 g/mol. The Morgan fingerprint density at radius 2 is 1.48 bits per heavy atom. The van der Waals surface area contributed by atoms with Crippen LogP contribution in [-0.4, -0.2) is 115 Å². The van der Waals surface area contributed by atoms with Crippen LogP contribution in [-0.2, 0) is 51.4 Å². The minimum atomic E-state index is -4.50. The number of rotatable bonds is 20. The summed E-state index contributed by atoms with van der Waals surface area (Å²) in [5.41, 5.74) is 2.97. The quantitative estimate of drug-likeness (QED) is 0.0843.